The van der Waals surface area contributed by atoms with Crippen LogP contribution in [0.2, 0.25) is 0 Å². The molecule has 8 aromatic carbocycles. The first-order valence-electron chi connectivity index (χ1n) is 17.2. The van der Waals surface area contributed by atoms with E-state index in [1.165, 1.54) is 21.5 Å². The molecule has 0 amide bonds. The van der Waals surface area contributed by atoms with Crippen LogP contribution in [0.5, 0.6) is 0 Å². The molecule has 2 aromatic heterocycles. The minimum atomic E-state index is 0.639. The molecule has 0 unspecified atom stereocenters. The van der Waals surface area contributed by atoms with Gasteiger partial charge in [-0.25, -0.2) is 15.0 Å². The third kappa shape index (κ3) is 4.88. The molecule has 51 heavy (non-hydrogen) atoms. The fraction of sp³-hybridized carbons (Fsp3) is 0. The molecule has 10 aromatic rings. The van der Waals surface area contributed by atoms with Crippen molar-refractivity contribution < 1.29 is 0 Å². The second-order valence-corrected chi connectivity index (χ2v) is 12.8. The van der Waals surface area contributed by atoms with E-state index < -0.39 is 0 Å². The summed E-state index contributed by atoms with van der Waals surface area (Å²) in [4.78, 5) is 15.4. The summed E-state index contributed by atoms with van der Waals surface area (Å²) in [5.74, 6) is 1.93. The molecule has 0 N–H and O–H groups in total. The van der Waals surface area contributed by atoms with Crippen molar-refractivity contribution in [2.24, 2.45) is 0 Å². The largest absolute Gasteiger partial charge is 0.309 e. The van der Waals surface area contributed by atoms with Crippen LogP contribution in [0.3, 0.4) is 0 Å². The van der Waals surface area contributed by atoms with E-state index in [0.717, 1.165) is 55.3 Å². The number of rotatable bonds is 5. The lowest BCUT2D eigenvalue weighted by Crippen LogP contribution is -2.00. The molecule has 0 atom stereocenters. The predicted octanol–water partition coefficient (Wildman–Crippen LogP) is 11.9. The van der Waals surface area contributed by atoms with Crippen LogP contribution in [-0.4, -0.2) is 19.5 Å². The monoisotopic (exact) mass is 650 g/mol. The van der Waals surface area contributed by atoms with Gasteiger partial charge in [-0.15, -0.1) is 0 Å². The summed E-state index contributed by atoms with van der Waals surface area (Å²) in [6.45, 7) is 0. The lowest BCUT2D eigenvalue weighted by molar-refractivity contribution is 1.08. The second-order valence-electron chi connectivity index (χ2n) is 12.8. The van der Waals surface area contributed by atoms with Gasteiger partial charge in [-0.05, 0) is 63.0 Å². The number of fused-ring (bicyclic) bond motifs is 6. The summed E-state index contributed by atoms with van der Waals surface area (Å²) in [6, 6.07) is 64.0. The fourth-order valence-corrected chi connectivity index (χ4v) is 7.49. The minimum Gasteiger partial charge on any atom is -0.309 e. The van der Waals surface area contributed by atoms with Gasteiger partial charge in [0.2, 0.25) is 0 Å². The Balaban J connectivity index is 1.31. The summed E-state index contributed by atoms with van der Waals surface area (Å²) in [6.07, 6.45) is 0. The third-order valence-electron chi connectivity index (χ3n) is 9.83. The quantitative estimate of drug-likeness (QED) is 0.174. The number of hydrogen-bond donors (Lipinski definition) is 0. The van der Waals surface area contributed by atoms with E-state index in [0.29, 0.717) is 17.5 Å². The molecule has 0 saturated carbocycles. The van der Waals surface area contributed by atoms with Crippen molar-refractivity contribution in [3.05, 3.63) is 182 Å². The minimum absolute atomic E-state index is 0.639. The van der Waals surface area contributed by atoms with Gasteiger partial charge in [-0.2, -0.15) is 0 Å². The maximum absolute atomic E-state index is 5.18. The number of benzene rings is 8. The molecule has 0 aliphatic rings. The molecule has 2 heterocycles. The Bertz CT molecular complexity index is 2840. The SMILES string of the molecule is c1ccc(-c2nc(-c3ccccc3)nc(-c3cccc4c3c3c(-c5ccc6ccc7ccccc7c6c5)cccc3n4-c3ccccc3)n2)cc1. The smallest absolute Gasteiger partial charge is 0.164 e. The van der Waals surface area contributed by atoms with E-state index in [4.69, 9.17) is 15.0 Å². The topological polar surface area (TPSA) is 43.6 Å². The highest BCUT2D eigenvalue weighted by atomic mass is 15.0. The Morgan fingerprint density at radius 3 is 1.51 bits per heavy atom. The van der Waals surface area contributed by atoms with Gasteiger partial charge in [0.05, 0.1) is 11.0 Å². The Hall–Kier alpha value is -6.91. The first kappa shape index (κ1) is 29.0. The van der Waals surface area contributed by atoms with E-state index in [1.54, 1.807) is 0 Å². The molecule has 0 aliphatic carbocycles. The van der Waals surface area contributed by atoms with Crippen LogP contribution in [0.1, 0.15) is 0 Å². The van der Waals surface area contributed by atoms with Crippen LogP contribution in [0.4, 0.5) is 0 Å². The molecular formula is C47H30N4. The van der Waals surface area contributed by atoms with Gasteiger partial charge in [0.15, 0.2) is 17.5 Å². The van der Waals surface area contributed by atoms with Crippen molar-refractivity contribution in [3.8, 4) is 51.0 Å². The summed E-state index contributed by atoms with van der Waals surface area (Å²) in [5.41, 5.74) is 8.49. The molecule has 0 aliphatic heterocycles. The zero-order valence-corrected chi connectivity index (χ0v) is 27.6. The zero-order valence-electron chi connectivity index (χ0n) is 27.6. The van der Waals surface area contributed by atoms with E-state index in [-0.39, 0.29) is 0 Å². The van der Waals surface area contributed by atoms with Gasteiger partial charge in [0, 0.05) is 33.2 Å². The number of para-hydroxylation sites is 1. The average molecular weight is 651 g/mol. The number of hydrogen-bond acceptors (Lipinski definition) is 3. The molecule has 0 bridgehead atoms. The summed E-state index contributed by atoms with van der Waals surface area (Å²) in [7, 11) is 0. The highest BCUT2D eigenvalue weighted by Gasteiger charge is 2.22. The normalized spacial score (nSPS) is 11.5. The predicted molar refractivity (Wildman–Crippen MR) is 211 cm³/mol. The van der Waals surface area contributed by atoms with E-state index >= 15 is 0 Å². The first-order chi connectivity index (χ1) is 25.3. The highest BCUT2D eigenvalue weighted by molar-refractivity contribution is 6.21. The zero-order chi connectivity index (χ0) is 33.7. The van der Waals surface area contributed by atoms with Gasteiger partial charge < -0.3 is 4.57 Å². The van der Waals surface area contributed by atoms with Crippen LogP contribution in [0.25, 0.3) is 94.3 Å². The van der Waals surface area contributed by atoms with Gasteiger partial charge in [-0.3, -0.25) is 0 Å². The second kappa shape index (κ2) is 11.9. The average Bonchev–Trinajstić information content (AvgIpc) is 3.56. The molecule has 0 radical (unpaired) electrons. The molecule has 4 heteroatoms. The third-order valence-corrected chi connectivity index (χ3v) is 9.83. The van der Waals surface area contributed by atoms with Crippen molar-refractivity contribution in [3.63, 3.8) is 0 Å². The highest BCUT2D eigenvalue weighted by Crippen LogP contribution is 2.43. The summed E-state index contributed by atoms with van der Waals surface area (Å²) < 4.78 is 2.37. The van der Waals surface area contributed by atoms with Crippen molar-refractivity contribution in [1.29, 1.82) is 0 Å². The Morgan fingerprint density at radius 1 is 0.333 bits per heavy atom. The molecule has 4 nitrogen and oxygen atoms in total. The van der Waals surface area contributed by atoms with E-state index in [9.17, 15) is 0 Å². The van der Waals surface area contributed by atoms with Gasteiger partial charge in [-0.1, -0.05) is 152 Å². The number of aromatic nitrogens is 4. The van der Waals surface area contributed by atoms with Crippen molar-refractivity contribution in [1.82, 2.24) is 19.5 Å². The maximum atomic E-state index is 5.18. The standard InChI is InChI=1S/C47H30N4/c1-4-15-33(16-5-1)45-48-46(34-17-6-2-7-18-34)50-47(49-45)39-23-13-25-42-44(39)43-38(22-12-24-41(43)51(42)36-19-8-3-9-20-36)35-29-28-32-27-26-31-14-10-11-21-37(31)40(32)30-35/h1-30H. The Morgan fingerprint density at radius 2 is 0.843 bits per heavy atom. The van der Waals surface area contributed by atoms with Crippen molar-refractivity contribution in [2.45, 2.75) is 0 Å². The molecule has 0 spiro atoms. The molecule has 0 fully saturated rings. The van der Waals surface area contributed by atoms with Gasteiger partial charge >= 0.3 is 0 Å². The van der Waals surface area contributed by atoms with E-state index in [1.807, 2.05) is 36.4 Å². The molecule has 10 rings (SSSR count). The Kier molecular flexibility index (Phi) is 6.78. The summed E-state index contributed by atoms with van der Waals surface area (Å²) in [5, 5.41) is 7.23. The van der Waals surface area contributed by atoms with E-state index in [2.05, 4.69) is 150 Å². The van der Waals surface area contributed by atoms with Crippen LogP contribution in [-0.2, 0) is 0 Å². The van der Waals surface area contributed by atoms with Crippen molar-refractivity contribution >= 4 is 43.4 Å². The Labute approximate surface area is 295 Å². The molecular weight excluding hydrogens is 621 g/mol. The number of nitrogens with zero attached hydrogens (tertiary/aromatic N) is 4. The van der Waals surface area contributed by atoms with Crippen LogP contribution in [0, 0.1) is 0 Å². The fourth-order valence-electron chi connectivity index (χ4n) is 7.49. The van der Waals surface area contributed by atoms with Crippen LogP contribution < -0.4 is 0 Å². The van der Waals surface area contributed by atoms with Gasteiger partial charge in [0.25, 0.3) is 0 Å². The molecule has 238 valence electrons. The van der Waals surface area contributed by atoms with Gasteiger partial charge in [0.1, 0.15) is 0 Å². The summed E-state index contributed by atoms with van der Waals surface area (Å²) >= 11 is 0. The lowest BCUT2D eigenvalue weighted by atomic mass is 9.94. The molecule has 0 saturated heterocycles. The van der Waals surface area contributed by atoms with Crippen LogP contribution >= 0.6 is 0 Å². The maximum Gasteiger partial charge on any atom is 0.164 e. The van der Waals surface area contributed by atoms with Crippen LogP contribution in [0.15, 0.2) is 182 Å². The van der Waals surface area contributed by atoms with Crippen molar-refractivity contribution in [2.75, 3.05) is 0 Å². The lowest BCUT2D eigenvalue weighted by Gasteiger charge is -2.11. The first-order valence-corrected chi connectivity index (χ1v) is 17.2.